The number of hydrogen-bond acceptors (Lipinski definition) is 1. The molecule has 1 aliphatic heterocycles. The predicted molar refractivity (Wildman–Crippen MR) is 57.2 cm³/mol. The van der Waals surface area contributed by atoms with E-state index in [1.165, 1.54) is 0 Å². The van der Waals surface area contributed by atoms with Crippen LogP contribution in [0.2, 0.25) is 0 Å². The van der Waals surface area contributed by atoms with Crippen LogP contribution >= 0.6 is 11.6 Å². The lowest BCUT2D eigenvalue weighted by atomic mass is 9.75. The number of alkyl halides is 1. The Bertz CT molecular complexity index is 162. The van der Waals surface area contributed by atoms with Crippen LogP contribution in [0.25, 0.3) is 0 Å². The minimum Gasteiger partial charge on any atom is -0.378 e. The summed E-state index contributed by atoms with van der Waals surface area (Å²) in [5.74, 6) is 1.89. The van der Waals surface area contributed by atoms with Gasteiger partial charge in [-0.25, -0.2) is 0 Å². The van der Waals surface area contributed by atoms with Gasteiger partial charge in [-0.2, -0.15) is 0 Å². The summed E-state index contributed by atoms with van der Waals surface area (Å²) >= 11 is 5.92. The average Bonchev–Trinajstić information content (AvgIpc) is 2.48. The largest absolute Gasteiger partial charge is 0.378 e. The Morgan fingerprint density at radius 3 is 2.54 bits per heavy atom. The van der Waals surface area contributed by atoms with Crippen LogP contribution in [0.1, 0.15) is 34.1 Å². The molecule has 0 bridgehead atoms. The lowest BCUT2D eigenvalue weighted by Crippen LogP contribution is -2.34. The molecule has 78 valence electrons. The van der Waals surface area contributed by atoms with Gasteiger partial charge in [-0.3, -0.25) is 0 Å². The van der Waals surface area contributed by atoms with Crippen molar-refractivity contribution in [1.82, 2.24) is 0 Å². The molecule has 0 aromatic rings. The van der Waals surface area contributed by atoms with Crippen LogP contribution < -0.4 is 0 Å². The predicted octanol–water partition coefficient (Wildman–Crippen LogP) is 3.31. The zero-order valence-corrected chi connectivity index (χ0v) is 9.90. The number of rotatable bonds is 2. The fraction of sp³-hybridized carbons (Fsp3) is 1.00. The Labute approximate surface area is 86.8 Å². The Morgan fingerprint density at radius 2 is 2.08 bits per heavy atom. The maximum atomic E-state index is 5.92. The second-order valence-electron chi connectivity index (χ2n) is 5.19. The van der Waals surface area contributed by atoms with Crippen molar-refractivity contribution >= 4 is 11.6 Å². The first kappa shape index (κ1) is 11.3. The molecular formula is C11H21ClO. The van der Waals surface area contributed by atoms with Gasteiger partial charge in [-0.1, -0.05) is 27.7 Å². The minimum atomic E-state index is 0.319. The minimum absolute atomic E-state index is 0.319. The Morgan fingerprint density at radius 1 is 1.46 bits per heavy atom. The van der Waals surface area contributed by atoms with Gasteiger partial charge in [0.2, 0.25) is 0 Å². The van der Waals surface area contributed by atoms with Crippen molar-refractivity contribution in [2.24, 2.45) is 17.3 Å². The van der Waals surface area contributed by atoms with Crippen molar-refractivity contribution in [3.63, 3.8) is 0 Å². The van der Waals surface area contributed by atoms with Crippen LogP contribution in [0.3, 0.4) is 0 Å². The van der Waals surface area contributed by atoms with Gasteiger partial charge < -0.3 is 4.74 Å². The first-order valence-corrected chi connectivity index (χ1v) is 5.68. The third-order valence-corrected chi connectivity index (χ3v) is 3.72. The van der Waals surface area contributed by atoms with Crippen LogP contribution in [0.5, 0.6) is 0 Å². The maximum absolute atomic E-state index is 5.92. The molecule has 0 spiro atoms. The molecule has 0 radical (unpaired) electrons. The van der Waals surface area contributed by atoms with Crippen LogP contribution in [0, 0.1) is 17.3 Å². The summed E-state index contributed by atoms with van der Waals surface area (Å²) in [6.45, 7) is 9.97. The van der Waals surface area contributed by atoms with Gasteiger partial charge in [-0.15, -0.1) is 11.6 Å². The van der Waals surface area contributed by atoms with Gasteiger partial charge in [0, 0.05) is 18.4 Å². The highest BCUT2D eigenvalue weighted by molar-refractivity contribution is 6.18. The molecule has 1 aliphatic rings. The molecule has 0 saturated carbocycles. The average molecular weight is 205 g/mol. The van der Waals surface area contributed by atoms with Crippen molar-refractivity contribution in [2.45, 2.75) is 40.2 Å². The van der Waals surface area contributed by atoms with E-state index in [1.54, 1.807) is 0 Å². The van der Waals surface area contributed by atoms with Crippen LogP contribution in [0.4, 0.5) is 0 Å². The Balaban J connectivity index is 2.60. The number of halogens is 1. The van der Waals surface area contributed by atoms with E-state index < -0.39 is 0 Å². The van der Waals surface area contributed by atoms with Gasteiger partial charge >= 0.3 is 0 Å². The van der Waals surface area contributed by atoms with E-state index in [9.17, 15) is 0 Å². The molecule has 0 N–H and O–H groups in total. The molecule has 1 nitrogen and oxygen atoms in total. The van der Waals surface area contributed by atoms with Gasteiger partial charge in [0.05, 0.1) is 6.10 Å². The highest BCUT2D eigenvalue weighted by Gasteiger charge is 2.37. The van der Waals surface area contributed by atoms with Crippen LogP contribution in [-0.2, 0) is 4.74 Å². The van der Waals surface area contributed by atoms with E-state index in [-0.39, 0.29) is 0 Å². The number of ether oxygens (including phenoxy) is 1. The summed E-state index contributed by atoms with van der Waals surface area (Å²) in [5.41, 5.74) is 0.319. The molecule has 1 rings (SSSR count). The zero-order valence-electron chi connectivity index (χ0n) is 9.14. The molecule has 0 aromatic carbocycles. The first-order chi connectivity index (χ1) is 5.96. The van der Waals surface area contributed by atoms with E-state index in [0.717, 1.165) is 18.9 Å². The Kier molecular flexibility index (Phi) is 3.64. The fourth-order valence-corrected chi connectivity index (χ4v) is 2.20. The lowest BCUT2D eigenvalue weighted by molar-refractivity contribution is 0.00904. The highest BCUT2D eigenvalue weighted by Crippen LogP contribution is 2.37. The molecule has 0 aliphatic carbocycles. The molecule has 1 fully saturated rings. The number of hydrogen-bond donors (Lipinski definition) is 0. The van der Waals surface area contributed by atoms with Crippen LogP contribution in [-0.4, -0.2) is 18.6 Å². The van der Waals surface area contributed by atoms with E-state index in [0.29, 0.717) is 23.4 Å². The molecule has 0 aromatic heterocycles. The zero-order chi connectivity index (χ0) is 10.1. The normalized spacial score (nSPS) is 32.1. The van der Waals surface area contributed by atoms with Crippen molar-refractivity contribution in [1.29, 1.82) is 0 Å². The third kappa shape index (κ3) is 2.60. The maximum Gasteiger partial charge on any atom is 0.0645 e. The lowest BCUT2D eigenvalue weighted by Gasteiger charge is -2.34. The molecular weight excluding hydrogens is 184 g/mol. The Hall–Kier alpha value is 0.250. The van der Waals surface area contributed by atoms with Crippen molar-refractivity contribution < 1.29 is 4.74 Å². The van der Waals surface area contributed by atoms with Crippen molar-refractivity contribution in [3.05, 3.63) is 0 Å². The highest BCUT2D eigenvalue weighted by atomic mass is 35.5. The topological polar surface area (TPSA) is 9.23 Å². The molecule has 1 saturated heterocycles. The van der Waals surface area contributed by atoms with E-state index in [1.807, 2.05) is 0 Å². The molecule has 0 amide bonds. The quantitative estimate of drug-likeness (QED) is 0.628. The molecule has 3 unspecified atom stereocenters. The summed E-state index contributed by atoms with van der Waals surface area (Å²) in [7, 11) is 0. The van der Waals surface area contributed by atoms with E-state index in [2.05, 4.69) is 27.7 Å². The van der Waals surface area contributed by atoms with E-state index in [4.69, 9.17) is 16.3 Å². The van der Waals surface area contributed by atoms with Gasteiger partial charge in [0.15, 0.2) is 0 Å². The first-order valence-electron chi connectivity index (χ1n) is 5.14. The molecule has 3 atom stereocenters. The monoisotopic (exact) mass is 204 g/mol. The summed E-state index contributed by atoms with van der Waals surface area (Å²) < 4.78 is 5.76. The summed E-state index contributed by atoms with van der Waals surface area (Å²) in [5, 5.41) is 0. The van der Waals surface area contributed by atoms with Crippen molar-refractivity contribution in [3.8, 4) is 0 Å². The second-order valence-corrected chi connectivity index (χ2v) is 5.50. The summed E-state index contributed by atoms with van der Waals surface area (Å²) in [6.07, 6.45) is 1.51. The standard InChI is InChI=1S/C11H21ClO/c1-8(11(2,3)4)10-9(7-12)5-6-13-10/h8-10H,5-7H2,1-4H3. The second kappa shape index (κ2) is 4.18. The van der Waals surface area contributed by atoms with Gasteiger partial charge in [0.25, 0.3) is 0 Å². The summed E-state index contributed by atoms with van der Waals surface area (Å²) in [4.78, 5) is 0. The van der Waals surface area contributed by atoms with Crippen molar-refractivity contribution in [2.75, 3.05) is 12.5 Å². The SMILES string of the molecule is CC(C1OCCC1CCl)C(C)(C)C. The summed E-state index contributed by atoms with van der Waals surface area (Å²) in [6, 6.07) is 0. The van der Waals surface area contributed by atoms with Crippen LogP contribution in [0.15, 0.2) is 0 Å². The molecule has 13 heavy (non-hydrogen) atoms. The molecule has 2 heteroatoms. The van der Waals surface area contributed by atoms with E-state index >= 15 is 0 Å². The fourth-order valence-electron chi connectivity index (χ4n) is 1.87. The van der Waals surface area contributed by atoms with Gasteiger partial charge in [-0.05, 0) is 17.8 Å². The molecule has 1 heterocycles. The third-order valence-electron chi connectivity index (χ3n) is 3.32. The smallest absolute Gasteiger partial charge is 0.0645 e. The van der Waals surface area contributed by atoms with Gasteiger partial charge in [0.1, 0.15) is 0 Å².